The normalized spacial score (nSPS) is 13.8. The molecular formula is C18H22ClNO4. The summed E-state index contributed by atoms with van der Waals surface area (Å²) in [6.45, 7) is 2.15. The quantitative estimate of drug-likeness (QED) is 0.838. The fraction of sp³-hybridized carbons (Fsp3) is 0.333. The minimum atomic E-state index is -0.532. The smallest absolute Gasteiger partial charge is 0.203 e. The van der Waals surface area contributed by atoms with E-state index in [-0.39, 0.29) is 12.4 Å². The second kappa shape index (κ2) is 8.78. The third-order valence-electron chi connectivity index (χ3n) is 3.74. The van der Waals surface area contributed by atoms with Gasteiger partial charge in [0, 0.05) is 13.1 Å². The third-order valence-corrected chi connectivity index (χ3v) is 3.74. The summed E-state index contributed by atoms with van der Waals surface area (Å²) in [6, 6.07) is 13.5. The molecule has 0 aliphatic carbocycles. The van der Waals surface area contributed by atoms with Gasteiger partial charge in [0.1, 0.15) is 13.2 Å². The van der Waals surface area contributed by atoms with Crippen LogP contribution in [0, 0.1) is 0 Å². The van der Waals surface area contributed by atoms with E-state index in [0.717, 1.165) is 11.1 Å². The number of ether oxygens (including phenoxy) is 3. The highest BCUT2D eigenvalue weighted by molar-refractivity contribution is 5.85. The molecule has 2 aromatic carbocycles. The topological polar surface area (TPSA) is 60.0 Å². The summed E-state index contributed by atoms with van der Waals surface area (Å²) in [5, 5.41) is 13.4. The lowest BCUT2D eigenvalue weighted by molar-refractivity contribution is 0.164. The largest absolute Gasteiger partial charge is 0.493 e. The van der Waals surface area contributed by atoms with E-state index in [1.807, 2.05) is 42.5 Å². The molecule has 24 heavy (non-hydrogen) atoms. The van der Waals surface area contributed by atoms with Gasteiger partial charge in [0.15, 0.2) is 11.5 Å². The first-order valence-electron chi connectivity index (χ1n) is 7.68. The summed E-state index contributed by atoms with van der Waals surface area (Å²) in [7, 11) is 1.62. The average molecular weight is 352 g/mol. The van der Waals surface area contributed by atoms with E-state index in [1.165, 1.54) is 0 Å². The van der Waals surface area contributed by atoms with Gasteiger partial charge < -0.3 is 24.6 Å². The van der Waals surface area contributed by atoms with Crippen LogP contribution in [0.25, 0.3) is 0 Å². The van der Waals surface area contributed by atoms with Crippen LogP contribution in [0.4, 0.5) is 0 Å². The number of aliphatic hydroxyl groups excluding tert-OH is 1. The Morgan fingerprint density at radius 1 is 1.17 bits per heavy atom. The number of methoxy groups -OCH3 is 1. The highest BCUT2D eigenvalue weighted by Crippen LogP contribution is 2.40. The van der Waals surface area contributed by atoms with Crippen LogP contribution in [0.2, 0.25) is 0 Å². The Bertz CT molecular complexity index is 634. The van der Waals surface area contributed by atoms with Crippen LogP contribution >= 0.6 is 12.4 Å². The molecule has 3 rings (SSSR count). The molecule has 0 saturated carbocycles. The van der Waals surface area contributed by atoms with Crippen molar-refractivity contribution in [3.63, 3.8) is 0 Å². The molecule has 0 spiro atoms. The second-order valence-corrected chi connectivity index (χ2v) is 5.38. The number of hydrogen-bond acceptors (Lipinski definition) is 5. The Morgan fingerprint density at radius 2 is 1.92 bits per heavy atom. The summed E-state index contributed by atoms with van der Waals surface area (Å²) in [4.78, 5) is 0. The molecule has 6 heteroatoms. The summed E-state index contributed by atoms with van der Waals surface area (Å²) in [5.41, 5.74) is 1.92. The van der Waals surface area contributed by atoms with Crippen LogP contribution in [0.1, 0.15) is 17.2 Å². The van der Waals surface area contributed by atoms with Crippen molar-refractivity contribution in [2.24, 2.45) is 0 Å². The van der Waals surface area contributed by atoms with Crippen LogP contribution in [0.5, 0.6) is 17.2 Å². The van der Waals surface area contributed by atoms with E-state index in [2.05, 4.69) is 5.32 Å². The van der Waals surface area contributed by atoms with E-state index in [0.29, 0.717) is 43.6 Å². The molecule has 0 saturated heterocycles. The monoisotopic (exact) mass is 351 g/mol. The Balaban J connectivity index is 0.00000208. The van der Waals surface area contributed by atoms with Crippen molar-refractivity contribution in [3.8, 4) is 17.2 Å². The first kappa shape index (κ1) is 18.4. The van der Waals surface area contributed by atoms with Gasteiger partial charge in [-0.05, 0) is 23.3 Å². The highest BCUT2D eigenvalue weighted by Gasteiger charge is 2.18. The summed E-state index contributed by atoms with van der Waals surface area (Å²) in [5.74, 6) is 2.03. The number of halogens is 1. The van der Waals surface area contributed by atoms with Gasteiger partial charge in [0.05, 0.1) is 13.2 Å². The second-order valence-electron chi connectivity index (χ2n) is 5.38. The van der Waals surface area contributed by atoms with Crippen LogP contribution in [0.3, 0.4) is 0 Å². The van der Waals surface area contributed by atoms with Crippen molar-refractivity contribution in [1.29, 1.82) is 0 Å². The van der Waals surface area contributed by atoms with Gasteiger partial charge >= 0.3 is 0 Å². The lowest BCUT2D eigenvalue weighted by Crippen LogP contribution is -2.21. The Morgan fingerprint density at radius 3 is 2.67 bits per heavy atom. The molecule has 0 bridgehead atoms. The minimum Gasteiger partial charge on any atom is -0.493 e. The maximum absolute atomic E-state index is 10.2. The molecule has 0 radical (unpaired) electrons. The Hall–Kier alpha value is -1.95. The summed E-state index contributed by atoms with van der Waals surface area (Å²) >= 11 is 0. The average Bonchev–Trinajstić information content (AvgIpc) is 2.61. The van der Waals surface area contributed by atoms with Crippen molar-refractivity contribution in [3.05, 3.63) is 53.6 Å². The summed E-state index contributed by atoms with van der Waals surface area (Å²) in [6.07, 6.45) is -0.532. The Labute approximate surface area is 148 Å². The van der Waals surface area contributed by atoms with E-state index < -0.39 is 6.10 Å². The molecular weight excluding hydrogens is 330 g/mol. The molecule has 0 aromatic heterocycles. The van der Waals surface area contributed by atoms with Gasteiger partial charge in [-0.3, -0.25) is 0 Å². The van der Waals surface area contributed by atoms with Gasteiger partial charge in [-0.15, -0.1) is 12.4 Å². The zero-order valence-corrected chi connectivity index (χ0v) is 14.3. The lowest BCUT2D eigenvalue weighted by Gasteiger charge is -2.21. The molecule has 5 nitrogen and oxygen atoms in total. The first-order chi connectivity index (χ1) is 11.3. The van der Waals surface area contributed by atoms with E-state index in [4.69, 9.17) is 14.2 Å². The van der Waals surface area contributed by atoms with Crippen LogP contribution in [-0.4, -0.2) is 32.0 Å². The lowest BCUT2D eigenvalue weighted by atomic mass is 10.1. The van der Waals surface area contributed by atoms with Crippen LogP contribution in [-0.2, 0) is 6.54 Å². The van der Waals surface area contributed by atoms with E-state index in [1.54, 1.807) is 7.11 Å². The van der Waals surface area contributed by atoms with Crippen molar-refractivity contribution in [2.75, 3.05) is 26.9 Å². The van der Waals surface area contributed by atoms with Gasteiger partial charge in [-0.2, -0.15) is 0 Å². The van der Waals surface area contributed by atoms with Gasteiger partial charge in [0.2, 0.25) is 5.75 Å². The zero-order valence-electron chi connectivity index (χ0n) is 13.5. The van der Waals surface area contributed by atoms with Gasteiger partial charge in [-0.25, -0.2) is 0 Å². The van der Waals surface area contributed by atoms with Crippen LogP contribution in [0.15, 0.2) is 42.5 Å². The maximum Gasteiger partial charge on any atom is 0.203 e. The number of rotatable bonds is 6. The minimum absolute atomic E-state index is 0. The van der Waals surface area contributed by atoms with Crippen LogP contribution < -0.4 is 19.5 Å². The molecule has 1 heterocycles. The molecule has 1 aliphatic heterocycles. The molecule has 2 N–H and O–H groups in total. The molecule has 0 amide bonds. The first-order valence-corrected chi connectivity index (χ1v) is 7.68. The Kier molecular flexibility index (Phi) is 6.73. The molecule has 1 aliphatic rings. The predicted molar refractivity (Wildman–Crippen MR) is 94.3 cm³/mol. The van der Waals surface area contributed by atoms with Gasteiger partial charge in [-0.1, -0.05) is 30.3 Å². The fourth-order valence-corrected chi connectivity index (χ4v) is 2.58. The summed E-state index contributed by atoms with van der Waals surface area (Å²) < 4.78 is 16.6. The SMILES string of the molecule is COc1cc(CNCC(O)c2ccccc2)cc2c1OCCO2.Cl. The molecule has 1 unspecified atom stereocenters. The van der Waals surface area contributed by atoms with E-state index in [9.17, 15) is 5.11 Å². The molecule has 2 aromatic rings. The molecule has 1 atom stereocenters. The van der Waals surface area contributed by atoms with Crippen molar-refractivity contribution < 1.29 is 19.3 Å². The third kappa shape index (κ3) is 4.32. The molecule has 0 fully saturated rings. The maximum atomic E-state index is 10.2. The number of benzene rings is 2. The number of fused-ring (bicyclic) bond motifs is 1. The van der Waals surface area contributed by atoms with E-state index >= 15 is 0 Å². The highest BCUT2D eigenvalue weighted by atomic mass is 35.5. The number of aliphatic hydroxyl groups is 1. The van der Waals surface area contributed by atoms with Crippen molar-refractivity contribution in [2.45, 2.75) is 12.6 Å². The van der Waals surface area contributed by atoms with Crippen molar-refractivity contribution in [1.82, 2.24) is 5.32 Å². The fourth-order valence-electron chi connectivity index (χ4n) is 2.58. The van der Waals surface area contributed by atoms with Gasteiger partial charge in [0.25, 0.3) is 0 Å². The zero-order chi connectivity index (χ0) is 16.1. The number of hydrogen-bond donors (Lipinski definition) is 2. The molecule has 130 valence electrons. The standard InChI is InChI=1S/C18H21NO4.ClH/c1-21-16-9-13(10-17-18(16)23-8-7-22-17)11-19-12-15(20)14-5-3-2-4-6-14;/h2-6,9-10,15,19-20H,7-8,11-12H2,1H3;1H. The predicted octanol–water partition coefficient (Wildman–Crippen LogP) is 2.71. The van der Waals surface area contributed by atoms with Crippen molar-refractivity contribution >= 4 is 12.4 Å². The number of nitrogens with one attached hydrogen (secondary N) is 1.